The summed E-state index contributed by atoms with van der Waals surface area (Å²) in [6.07, 6.45) is 0. The number of nitro groups is 1. The molecule has 2 aromatic rings. The van der Waals surface area contributed by atoms with Crippen molar-refractivity contribution < 1.29 is 9.72 Å². The van der Waals surface area contributed by atoms with E-state index in [-0.39, 0.29) is 22.4 Å². The summed E-state index contributed by atoms with van der Waals surface area (Å²) < 4.78 is 0. The van der Waals surface area contributed by atoms with Gasteiger partial charge in [-0.1, -0.05) is 23.2 Å². The Balaban J connectivity index is 1.99. The van der Waals surface area contributed by atoms with Gasteiger partial charge in [-0.15, -0.1) is 11.8 Å². The third-order valence-corrected chi connectivity index (χ3v) is 4.67. The number of amides is 1. The second-order valence-electron chi connectivity index (χ2n) is 4.52. The number of benzene rings is 2. The maximum atomic E-state index is 12.0. The Bertz CT molecular complexity index is 852. The van der Waals surface area contributed by atoms with Crippen molar-refractivity contribution in [2.45, 2.75) is 4.90 Å². The van der Waals surface area contributed by atoms with Crippen molar-refractivity contribution >= 4 is 52.2 Å². The molecule has 0 bridgehead atoms. The van der Waals surface area contributed by atoms with Crippen LogP contribution >= 0.6 is 35.0 Å². The monoisotopic (exact) mass is 381 g/mol. The summed E-state index contributed by atoms with van der Waals surface area (Å²) in [4.78, 5) is 22.7. The zero-order chi connectivity index (χ0) is 17.7. The summed E-state index contributed by atoms with van der Waals surface area (Å²) in [6, 6.07) is 10.6. The number of thioether (sulfide) groups is 1. The van der Waals surface area contributed by atoms with Crippen LogP contribution in [0, 0.1) is 21.4 Å². The van der Waals surface area contributed by atoms with Crippen LogP contribution in [0.1, 0.15) is 5.56 Å². The Labute approximate surface area is 151 Å². The summed E-state index contributed by atoms with van der Waals surface area (Å²) in [5.41, 5.74) is 0.571. The summed E-state index contributed by atoms with van der Waals surface area (Å²) in [6.45, 7) is 0. The topological polar surface area (TPSA) is 96.0 Å². The molecule has 1 N–H and O–H groups in total. The Kier molecular flexibility index (Phi) is 6.04. The number of nitriles is 1. The number of anilines is 1. The van der Waals surface area contributed by atoms with Gasteiger partial charge in [0.15, 0.2) is 0 Å². The predicted molar refractivity (Wildman–Crippen MR) is 93.6 cm³/mol. The molecule has 2 aromatic carbocycles. The van der Waals surface area contributed by atoms with Crippen molar-refractivity contribution in [1.29, 1.82) is 5.26 Å². The lowest BCUT2D eigenvalue weighted by atomic mass is 10.2. The van der Waals surface area contributed by atoms with E-state index < -0.39 is 4.92 Å². The molecule has 0 unspecified atom stereocenters. The maximum absolute atomic E-state index is 12.0. The van der Waals surface area contributed by atoms with E-state index in [9.17, 15) is 14.9 Å². The fraction of sp³-hybridized carbons (Fsp3) is 0.0667. The first kappa shape index (κ1) is 18.1. The van der Waals surface area contributed by atoms with E-state index in [0.29, 0.717) is 21.2 Å². The molecule has 0 aliphatic rings. The first-order valence-corrected chi connectivity index (χ1v) is 8.21. The molecule has 0 aromatic heterocycles. The zero-order valence-electron chi connectivity index (χ0n) is 12.0. The highest BCUT2D eigenvalue weighted by Crippen LogP contribution is 2.29. The Hall–Kier alpha value is -2.27. The number of nitrogens with one attached hydrogen (secondary N) is 1. The lowest BCUT2D eigenvalue weighted by Gasteiger charge is -2.08. The van der Waals surface area contributed by atoms with Crippen LogP contribution in [0.5, 0.6) is 0 Å². The third kappa shape index (κ3) is 4.61. The molecule has 0 aliphatic carbocycles. The fourth-order valence-corrected chi connectivity index (χ4v) is 3.02. The molecule has 0 spiro atoms. The molecule has 0 saturated heterocycles. The van der Waals surface area contributed by atoms with Gasteiger partial charge in [-0.3, -0.25) is 14.9 Å². The smallest absolute Gasteiger partial charge is 0.271 e. The highest BCUT2D eigenvalue weighted by molar-refractivity contribution is 8.00. The first-order valence-electron chi connectivity index (χ1n) is 6.47. The number of nitro benzene ring substituents is 1. The second-order valence-corrected chi connectivity index (χ2v) is 6.35. The predicted octanol–water partition coefficient (Wildman–Crippen LogP) is 4.50. The van der Waals surface area contributed by atoms with Crippen LogP contribution in [0.3, 0.4) is 0 Å². The normalized spacial score (nSPS) is 10.0. The minimum Gasteiger partial charge on any atom is -0.324 e. The molecule has 0 aliphatic heterocycles. The van der Waals surface area contributed by atoms with Crippen LogP contribution in [0.4, 0.5) is 11.4 Å². The molecule has 122 valence electrons. The van der Waals surface area contributed by atoms with Crippen molar-refractivity contribution in [2.75, 3.05) is 11.1 Å². The minimum absolute atomic E-state index is 0.0684. The summed E-state index contributed by atoms with van der Waals surface area (Å²) in [7, 11) is 0. The standard InChI is InChI=1S/C15H9Cl2N3O3S/c16-11-6-10(20(22)23)2-3-13(11)19-15(21)8-24-14-4-1-9(7-18)5-12(14)17/h1-6H,8H2,(H,19,21). The molecule has 0 atom stereocenters. The number of rotatable bonds is 5. The van der Waals surface area contributed by atoms with Crippen LogP contribution in [0.15, 0.2) is 41.3 Å². The quantitative estimate of drug-likeness (QED) is 0.467. The second kappa shape index (κ2) is 8.02. The van der Waals surface area contributed by atoms with E-state index >= 15 is 0 Å². The van der Waals surface area contributed by atoms with Crippen LogP contribution < -0.4 is 5.32 Å². The van der Waals surface area contributed by atoms with Gasteiger partial charge in [0.05, 0.1) is 38.0 Å². The molecule has 0 radical (unpaired) electrons. The molecule has 6 nitrogen and oxygen atoms in total. The maximum Gasteiger partial charge on any atom is 0.271 e. The number of halogens is 2. The molecular formula is C15H9Cl2N3O3S. The number of non-ortho nitro benzene ring substituents is 1. The largest absolute Gasteiger partial charge is 0.324 e. The van der Waals surface area contributed by atoms with Gasteiger partial charge in [0, 0.05) is 17.0 Å². The number of nitrogens with zero attached hydrogens (tertiary/aromatic N) is 2. The average Bonchev–Trinajstić information content (AvgIpc) is 2.55. The minimum atomic E-state index is -0.569. The zero-order valence-corrected chi connectivity index (χ0v) is 14.3. The highest BCUT2D eigenvalue weighted by atomic mass is 35.5. The van der Waals surface area contributed by atoms with Gasteiger partial charge in [-0.2, -0.15) is 5.26 Å². The molecule has 0 saturated carbocycles. The van der Waals surface area contributed by atoms with Gasteiger partial charge < -0.3 is 5.32 Å². The molecule has 0 fully saturated rings. The van der Waals surface area contributed by atoms with E-state index in [2.05, 4.69) is 5.32 Å². The van der Waals surface area contributed by atoms with Crippen molar-refractivity contribution in [1.82, 2.24) is 0 Å². The van der Waals surface area contributed by atoms with Crippen molar-refractivity contribution in [3.8, 4) is 6.07 Å². The van der Waals surface area contributed by atoms with Crippen LogP contribution in [0.25, 0.3) is 0 Å². The van der Waals surface area contributed by atoms with E-state index in [4.69, 9.17) is 28.5 Å². The van der Waals surface area contributed by atoms with Crippen LogP contribution in [-0.2, 0) is 4.79 Å². The summed E-state index contributed by atoms with van der Waals surface area (Å²) in [5, 5.41) is 22.5. The van der Waals surface area contributed by atoms with Gasteiger partial charge >= 0.3 is 0 Å². The number of hydrogen-bond acceptors (Lipinski definition) is 5. The van der Waals surface area contributed by atoms with Crippen molar-refractivity contribution in [2.24, 2.45) is 0 Å². The lowest BCUT2D eigenvalue weighted by molar-refractivity contribution is -0.384. The molecule has 0 heterocycles. The molecular weight excluding hydrogens is 373 g/mol. The van der Waals surface area contributed by atoms with Gasteiger partial charge in [0.2, 0.25) is 5.91 Å². The Morgan fingerprint density at radius 2 is 2.00 bits per heavy atom. The van der Waals surface area contributed by atoms with Crippen LogP contribution in [-0.4, -0.2) is 16.6 Å². The molecule has 1 amide bonds. The number of carbonyl (C=O) groups is 1. The van der Waals surface area contributed by atoms with Crippen molar-refractivity contribution in [3.63, 3.8) is 0 Å². The SMILES string of the molecule is N#Cc1ccc(SCC(=O)Nc2ccc([N+](=O)[O-])cc2Cl)c(Cl)c1. The third-order valence-electron chi connectivity index (χ3n) is 2.86. The number of carbonyl (C=O) groups excluding carboxylic acids is 1. The summed E-state index contributed by atoms with van der Waals surface area (Å²) in [5.74, 6) is -0.268. The van der Waals surface area contributed by atoms with Gasteiger partial charge in [0.25, 0.3) is 5.69 Å². The van der Waals surface area contributed by atoms with E-state index in [0.717, 1.165) is 0 Å². The van der Waals surface area contributed by atoms with Crippen LogP contribution in [0.2, 0.25) is 10.0 Å². The van der Waals surface area contributed by atoms with Gasteiger partial charge in [0.1, 0.15) is 0 Å². The first-order chi connectivity index (χ1) is 11.4. The summed E-state index contributed by atoms with van der Waals surface area (Å²) >= 11 is 13.2. The highest BCUT2D eigenvalue weighted by Gasteiger charge is 2.12. The number of hydrogen-bond donors (Lipinski definition) is 1. The van der Waals surface area contributed by atoms with Crippen molar-refractivity contribution in [3.05, 3.63) is 62.1 Å². The molecule has 2 rings (SSSR count). The van der Waals surface area contributed by atoms with E-state index in [1.807, 2.05) is 6.07 Å². The molecule has 9 heteroatoms. The van der Waals surface area contributed by atoms with E-state index in [1.165, 1.54) is 36.0 Å². The van der Waals surface area contributed by atoms with Gasteiger partial charge in [-0.25, -0.2) is 0 Å². The van der Waals surface area contributed by atoms with E-state index in [1.54, 1.807) is 12.1 Å². The molecule has 24 heavy (non-hydrogen) atoms. The Morgan fingerprint density at radius 3 is 2.58 bits per heavy atom. The lowest BCUT2D eigenvalue weighted by Crippen LogP contribution is -2.14. The average molecular weight is 382 g/mol. The van der Waals surface area contributed by atoms with Gasteiger partial charge in [-0.05, 0) is 24.3 Å². The Morgan fingerprint density at radius 1 is 1.25 bits per heavy atom. The fourth-order valence-electron chi connectivity index (χ4n) is 1.74.